The van der Waals surface area contributed by atoms with Gasteiger partial charge in [0.05, 0.1) is 31.8 Å². The number of nitrogens with zero attached hydrogens (tertiary/aromatic N) is 1. The van der Waals surface area contributed by atoms with Crippen LogP contribution in [0.4, 0.5) is 0 Å². The van der Waals surface area contributed by atoms with Gasteiger partial charge >= 0.3 is 0 Å². The van der Waals surface area contributed by atoms with Crippen molar-refractivity contribution in [2.75, 3.05) is 33.0 Å². The number of benzene rings is 1. The van der Waals surface area contributed by atoms with Crippen molar-refractivity contribution in [3.8, 4) is 0 Å². The minimum absolute atomic E-state index is 0.151. The van der Waals surface area contributed by atoms with Crippen LogP contribution in [0.2, 0.25) is 5.02 Å². The molecule has 2 aliphatic heterocycles. The van der Waals surface area contributed by atoms with Crippen LogP contribution in [0, 0.1) is 0 Å². The molecule has 2 saturated heterocycles. The van der Waals surface area contributed by atoms with Crippen LogP contribution in [0.3, 0.4) is 0 Å². The van der Waals surface area contributed by atoms with Crippen molar-refractivity contribution in [3.63, 3.8) is 0 Å². The molecule has 0 N–H and O–H groups in total. The molecule has 1 aromatic heterocycles. The third kappa shape index (κ3) is 2.76. The SMILES string of the molecule is O=C(Cc1csc2ccc(Cl)cc12)N1CCOCC12CCOC2. The monoisotopic (exact) mass is 351 g/mol. The fourth-order valence-corrected chi connectivity index (χ4v) is 4.61. The highest BCUT2D eigenvalue weighted by atomic mass is 35.5. The third-order valence-corrected chi connectivity index (χ3v) is 5.99. The van der Waals surface area contributed by atoms with Gasteiger partial charge in [-0.1, -0.05) is 11.6 Å². The lowest BCUT2D eigenvalue weighted by Gasteiger charge is -2.43. The van der Waals surface area contributed by atoms with E-state index < -0.39 is 0 Å². The van der Waals surface area contributed by atoms with Crippen molar-refractivity contribution < 1.29 is 14.3 Å². The number of thiophene rings is 1. The molecule has 1 unspecified atom stereocenters. The fraction of sp³-hybridized carbons (Fsp3) is 0.471. The largest absolute Gasteiger partial charge is 0.379 e. The summed E-state index contributed by atoms with van der Waals surface area (Å²) < 4.78 is 12.3. The molecule has 0 aliphatic carbocycles. The number of hydrogen-bond acceptors (Lipinski definition) is 4. The lowest BCUT2D eigenvalue weighted by molar-refractivity contribution is -0.148. The number of carbonyl (C=O) groups excluding carboxylic acids is 1. The van der Waals surface area contributed by atoms with Gasteiger partial charge in [0.2, 0.25) is 5.91 Å². The summed E-state index contributed by atoms with van der Waals surface area (Å²) in [5, 5.41) is 3.86. The highest BCUT2D eigenvalue weighted by Crippen LogP contribution is 2.32. The zero-order chi connectivity index (χ0) is 15.9. The van der Waals surface area contributed by atoms with Gasteiger partial charge < -0.3 is 14.4 Å². The maximum Gasteiger partial charge on any atom is 0.227 e. The van der Waals surface area contributed by atoms with Gasteiger partial charge in [-0.2, -0.15) is 0 Å². The van der Waals surface area contributed by atoms with E-state index in [4.69, 9.17) is 21.1 Å². The van der Waals surface area contributed by atoms with Gasteiger partial charge in [0.1, 0.15) is 0 Å². The molecular weight excluding hydrogens is 334 g/mol. The quantitative estimate of drug-likeness (QED) is 0.834. The smallest absolute Gasteiger partial charge is 0.227 e. The number of ether oxygens (including phenoxy) is 2. The van der Waals surface area contributed by atoms with Crippen molar-refractivity contribution in [2.45, 2.75) is 18.4 Å². The highest BCUT2D eigenvalue weighted by Gasteiger charge is 2.45. The maximum absolute atomic E-state index is 12.9. The first kappa shape index (κ1) is 15.4. The van der Waals surface area contributed by atoms with Gasteiger partial charge in [-0.3, -0.25) is 4.79 Å². The summed E-state index contributed by atoms with van der Waals surface area (Å²) in [6.07, 6.45) is 1.26. The molecule has 0 saturated carbocycles. The van der Waals surface area contributed by atoms with Gasteiger partial charge in [0.15, 0.2) is 0 Å². The lowest BCUT2D eigenvalue weighted by Crippen LogP contribution is -2.60. The molecule has 2 aromatic rings. The Morgan fingerprint density at radius 2 is 2.13 bits per heavy atom. The van der Waals surface area contributed by atoms with E-state index in [2.05, 4.69) is 5.38 Å². The van der Waals surface area contributed by atoms with Gasteiger partial charge in [0, 0.05) is 22.9 Å². The highest BCUT2D eigenvalue weighted by molar-refractivity contribution is 7.17. The van der Waals surface area contributed by atoms with Crippen LogP contribution in [-0.4, -0.2) is 49.3 Å². The van der Waals surface area contributed by atoms with Crippen molar-refractivity contribution in [3.05, 3.63) is 34.2 Å². The van der Waals surface area contributed by atoms with Crippen LogP contribution in [-0.2, 0) is 20.7 Å². The predicted octanol–water partition coefficient (Wildman–Crippen LogP) is 3.12. The molecule has 2 fully saturated rings. The fourth-order valence-electron chi connectivity index (χ4n) is 3.49. The van der Waals surface area contributed by atoms with Gasteiger partial charge in [-0.15, -0.1) is 11.3 Å². The van der Waals surface area contributed by atoms with Gasteiger partial charge in [-0.05, 0) is 40.9 Å². The number of halogens is 1. The van der Waals surface area contributed by atoms with E-state index in [1.807, 2.05) is 23.1 Å². The van der Waals surface area contributed by atoms with E-state index >= 15 is 0 Å². The van der Waals surface area contributed by atoms with E-state index in [-0.39, 0.29) is 11.4 Å². The molecular formula is C17H18ClNO3S. The van der Waals surface area contributed by atoms with Gasteiger partial charge in [-0.25, -0.2) is 0 Å². The molecule has 4 nitrogen and oxygen atoms in total. The lowest BCUT2D eigenvalue weighted by atomic mass is 9.95. The summed E-state index contributed by atoms with van der Waals surface area (Å²) in [5.41, 5.74) is 0.789. The Morgan fingerprint density at radius 3 is 2.96 bits per heavy atom. The predicted molar refractivity (Wildman–Crippen MR) is 91.2 cm³/mol. The van der Waals surface area contributed by atoms with E-state index in [0.29, 0.717) is 44.4 Å². The summed E-state index contributed by atoms with van der Waals surface area (Å²) in [4.78, 5) is 14.9. The summed E-state index contributed by atoms with van der Waals surface area (Å²) in [6.45, 7) is 3.10. The molecule has 122 valence electrons. The van der Waals surface area contributed by atoms with Gasteiger partial charge in [0.25, 0.3) is 0 Å². The van der Waals surface area contributed by atoms with Crippen molar-refractivity contribution >= 4 is 38.9 Å². The van der Waals surface area contributed by atoms with Crippen LogP contribution in [0.15, 0.2) is 23.6 Å². The second-order valence-electron chi connectivity index (χ2n) is 6.20. The van der Waals surface area contributed by atoms with E-state index in [9.17, 15) is 4.79 Å². The number of amides is 1. The summed E-state index contributed by atoms with van der Waals surface area (Å²) in [6, 6.07) is 5.85. The summed E-state index contributed by atoms with van der Waals surface area (Å²) in [5.74, 6) is 0.151. The van der Waals surface area contributed by atoms with E-state index in [1.165, 1.54) is 0 Å². The number of fused-ring (bicyclic) bond motifs is 1. The molecule has 4 rings (SSSR count). The first-order chi connectivity index (χ1) is 11.2. The molecule has 1 spiro atoms. The van der Waals surface area contributed by atoms with Crippen molar-refractivity contribution in [2.24, 2.45) is 0 Å². The first-order valence-corrected chi connectivity index (χ1v) is 9.05. The Hall–Kier alpha value is -1.14. The summed E-state index contributed by atoms with van der Waals surface area (Å²) >= 11 is 7.76. The summed E-state index contributed by atoms with van der Waals surface area (Å²) in [7, 11) is 0. The second-order valence-corrected chi connectivity index (χ2v) is 7.55. The topological polar surface area (TPSA) is 38.8 Å². The van der Waals surface area contributed by atoms with Crippen molar-refractivity contribution in [1.82, 2.24) is 4.90 Å². The number of hydrogen-bond donors (Lipinski definition) is 0. The van der Waals surface area contributed by atoms with Crippen LogP contribution in [0.5, 0.6) is 0 Å². The van der Waals surface area contributed by atoms with Crippen LogP contribution in [0.1, 0.15) is 12.0 Å². The minimum Gasteiger partial charge on any atom is -0.379 e. The zero-order valence-corrected chi connectivity index (χ0v) is 14.3. The molecule has 23 heavy (non-hydrogen) atoms. The number of rotatable bonds is 2. The molecule has 3 heterocycles. The minimum atomic E-state index is -0.265. The normalized spacial score (nSPS) is 24.7. The molecule has 2 aliphatic rings. The first-order valence-electron chi connectivity index (χ1n) is 7.80. The van der Waals surface area contributed by atoms with Crippen molar-refractivity contribution in [1.29, 1.82) is 0 Å². The molecule has 0 bridgehead atoms. The zero-order valence-electron chi connectivity index (χ0n) is 12.7. The Bertz CT molecular complexity index is 739. The Balaban J connectivity index is 1.59. The molecule has 1 aromatic carbocycles. The third-order valence-electron chi connectivity index (χ3n) is 4.74. The molecule has 0 radical (unpaired) electrons. The maximum atomic E-state index is 12.9. The average Bonchev–Trinajstić information content (AvgIpc) is 3.16. The number of carbonyl (C=O) groups is 1. The Kier molecular flexibility index (Phi) is 4.05. The van der Waals surface area contributed by atoms with E-state index in [0.717, 1.165) is 22.1 Å². The standard InChI is InChI=1S/C17H18ClNO3S/c18-13-1-2-15-14(8-13)12(9-23-15)7-16(20)19-4-6-22-11-17(19)3-5-21-10-17/h1-2,8-9H,3-7,10-11H2. The Labute approximate surface area is 143 Å². The Morgan fingerprint density at radius 1 is 1.30 bits per heavy atom. The molecule has 6 heteroatoms. The average molecular weight is 352 g/mol. The van der Waals surface area contributed by atoms with Crippen LogP contribution < -0.4 is 0 Å². The van der Waals surface area contributed by atoms with E-state index in [1.54, 1.807) is 11.3 Å². The van der Waals surface area contributed by atoms with Crippen LogP contribution in [0.25, 0.3) is 10.1 Å². The number of morpholine rings is 1. The molecule has 1 atom stereocenters. The second kappa shape index (κ2) is 6.06. The van der Waals surface area contributed by atoms with Crippen LogP contribution >= 0.6 is 22.9 Å². The molecule has 1 amide bonds.